The fraction of sp³-hybridized carbons (Fsp3) is 0.355. The predicted molar refractivity (Wildman–Crippen MR) is 163 cm³/mol. The Labute approximate surface area is 254 Å². The molecule has 5 heterocycles. The lowest BCUT2D eigenvalue weighted by molar-refractivity contribution is -0.0363. The normalized spacial score (nSPS) is 15.8. The highest BCUT2D eigenvalue weighted by Gasteiger charge is 2.29. The zero-order valence-electron chi connectivity index (χ0n) is 24.9. The molecule has 230 valence electrons. The van der Waals surface area contributed by atoms with Crippen LogP contribution in [0.5, 0.6) is 0 Å². The van der Waals surface area contributed by atoms with Crippen LogP contribution < -0.4 is 5.32 Å². The molecule has 1 aliphatic rings. The van der Waals surface area contributed by atoms with E-state index >= 15 is 0 Å². The number of ether oxygens (including phenoxy) is 1. The Morgan fingerprint density at radius 3 is 2.52 bits per heavy atom. The number of hydrogen-bond donors (Lipinski definition) is 1. The quantitative estimate of drug-likeness (QED) is 0.217. The molecular formula is C31H33F2N7O3S. The Morgan fingerprint density at radius 2 is 1.86 bits per heavy atom. The van der Waals surface area contributed by atoms with Crippen LogP contribution in [0.1, 0.15) is 60.5 Å². The molecule has 1 atom stereocenters. The molecule has 0 radical (unpaired) electrons. The van der Waals surface area contributed by atoms with Crippen LogP contribution in [0, 0.1) is 13.8 Å². The largest absolute Gasteiger partial charge is 0.358 e. The van der Waals surface area contributed by atoms with Gasteiger partial charge < -0.3 is 10.1 Å². The van der Waals surface area contributed by atoms with E-state index in [2.05, 4.69) is 20.4 Å². The van der Waals surface area contributed by atoms with Gasteiger partial charge >= 0.3 is 0 Å². The number of benzene rings is 1. The maximum Gasteiger partial charge on any atom is 0.295 e. The lowest BCUT2D eigenvalue weighted by atomic mass is 10.1. The van der Waals surface area contributed by atoms with Crippen molar-refractivity contribution < 1.29 is 21.9 Å². The first-order chi connectivity index (χ1) is 21.0. The van der Waals surface area contributed by atoms with E-state index in [1.54, 1.807) is 35.1 Å². The van der Waals surface area contributed by atoms with Crippen molar-refractivity contribution in [2.24, 2.45) is 7.05 Å². The lowest BCUT2D eigenvalue weighted by Gasteiger charge is -2.25. The summed E-state index contributed by atoms with van der Waals surface area (Å²) < 4.78 is 64.0. The number of fused-ring (bicyclic) bond motifs is 1. The number of hydrogen-bond acceptors (Lipinski definition) is 8. The van der Waals surface area contributed by atoms with Gasteiger partial charge in [-0.2, -0.15) is 5.10 Å². The Kier molecular flexibility index (Phi) is 7.93. The molecule has 6 rings (SSSR count). The second-order valence-electron chi connectivity index (χ2n) is 11.1. The number of imidazole rings is 1. The van der Waals surface area contributed by atoms with Gasteiger partial charge in [-0.1, -0.05) is 12.1 Å². The zero-order valence-corrected chi connectivity index (χ0v) is 25.7. The van der Waals surface area contributed by atoms with Gasteiger partial charge in [-0.25, -0.2) is 27.2 Å². The van der Waals surface area contributed by atoms with Gasteiger partial charge in [0.15, 0.2) is 21.3 Å². The number of aryl methyl sites for hydroxylation is 2. The Morgan fingerprint density at radius 1 is 1.05 bits per heavy atom. The number of rotatable bonds is 8. The first-order valence-electron chi connectivity index (χ1n) is 14.3. The maximum atomic E-state index is 14.4. The summed E-state index contributed by atoms with van der Waals surface area (Å²) in [6.45, 7) is 4.24. The Hall–Kier alpha value is -4.23. The average molecular weight is 622 g/mol. The molecule has 0 amide bonds. The molecule has 0 bridgehead atoms. The summed E-state index contributed by atoms with van der Waals surface area (Å²) >= 11 is 0. The molecule has 1 N–H and O–H groups in total. The summed E-state index contributed by atoms with van der Waals surface area (Å²) in [7, 11) is -1.91. The van der Waals surface area contributed by atoms with Gasteiger partial charge in [0.1, 0.15) is 11.7 Å². The number of nitrogens with one attached hydrogen (secondary N) is 1. The minimum atomic E-state index is -3.72. The third-order valence-corrected chi connectivity index (χ3v) is 9.01. The van der Waals surface area contributed by atoms with Crippen molar-refractivity contribution >= 4 is 32.4 Å². The molecule has 4 aromatic heterocycles. The molecule has 13 heteroatoms. The Balaban J connectivity index is 1.52. The highest BCUT2D eigenvalue weighted by molar-refractivity contribution is 7.90. The van der Waals surface area contributed by atoms with Crippen LogP contribution >= 0.6 is 0 Å². The van der Waals surface area contributed by atoms with Gasteiger partial charge in [0.2, 0.25) is 0 Å². The number of nitrogens with zero attached hydrogens (tertiary/aromatic N) is 6. The second kappa shape index (κ2) is 11.7. The molecule has 0 aliphatic carbocycles. The van der Waals surface area contributed by atoms with E-state index in [1.165, 1.54) is 4.57 Å². The predicted octanol–water partition coefficient (Wildman–Crippen LogP) is 6.22. The molecule has 1 saturated heterocycles. The highest BCUT2D eigenvalue weighted by atomic mass is 32.2. The van der Waals surface area contributed by atoms with Crippen molar-refractivity contribution in [1.29, 1.82) is 0 Å². The summed E-state index contributed by atoms with van der Waals surface area (Å²) in [6, 6.07) is 12.4. The fourth-order valence-corrected chi connectivity index (χ4v) is 6.45. The van der Waals surface area contributed by atoms with E-state index < -0.39 is 28.3 Å². The van der Waals surface area contributed by atoms with Crippen LogP contribution in [0.25, 0.3) is 22.3 Å². The first kappa shape index (κ1) is 29.8. The summed E-state index contributed by atoms with van der Waals surface area (Å²) in [6.07, 6.45) is 1.85. The molecule has 5 aromatic rings. The minimum Gasteiger partial charge on any atom is -0.358 e. The van der Waals surface area contributed by atoms with Crippen molar-refractivity contribution in [3.05, 3.63) is 77.3 Å². The third-order valence-electron chi connectivity index (χ3n) is 7.87. The van der Waals surface area contributed by atoms with Crippen LogP contribution in [-0.2, 0) is 28.0 Å². The number of anilines is 2. The van der Waals surface area contributed by atoms with Crippen molar-refractivity contribution in [2.75, 3.05) is 18.2 Å². The average Bonchev–Trinajstić information content (AvgIpc) is 3.53. The first-order valence-corrected chi connectivity index (χ1v) is 16.2. The molecule has 44 heavy (non-hydrogen) atoms. The molecule has 1 aliphatic heterocycles. The molecule has 1 unspecified atom stereocenters. The van der Waals surface area contributed by atoms with Crippen LogP contribution in [0.3, 0.4) is 0 Å². The molecule has 1 fully saturated rings. The molecule has 10 nitrogen and oxygen atoms in total. The number of aromatic nitrogens is 6. The van der Waals surface area contributed by atoms with Crippen LogP contribution in [0.4, 0.5) is 20.2 Å². The molecular weight excluding hydrogens is 588 g/mol. The van der Waals surface area contributed by atoms with Gasteiger partial charge in [-0.05, 0) is 69.0 Å². The van der Waals surface area contributed by atoms with E-state index in [0.717, 1.165) is 41.7 Å². The van der Waals surface area contributed by atoms with Crippen LogP contribution in [-0.4, -0.2) is 50.6 Å². The SMILES string of the molecule is Cc1cccc(Cc2cc(Nc3ccc(-c4cnn(C)c4C)cc3S(C)(=O)=O)c3nc(C(F)F)n(C4CCCCO4)c3n2)n1. The van der Waals surface area contributed by atoms with Crippen LogP contribution in [0.2, 0.25) is 0 Å². The monoisotopic (exact) mass is 621 g/mol. The smallest absolute Gasteiger partial charge is 0.295 e. The summed E-state index contributed by atoms with van der Waals surface area (Å²) in [5.74, 6) is -0.445. The minimum absolute atomic E-state index is 0.0502. The van der Waals surface area contributed by atoms with Gasteiger partial charge in [-0.15, -0.1) is 0 Å². The molecule has 0 spiro atoms. The zero-order chi connectivity index (χ0) is 31.2. The molecule has 0 saturated carbocycles. The topological polar surface area (TPSA) is 117 Å². The van der Waals surface area contributed by atoms with E-state index in [4.69, 9.17) is 9.72 Å². The lowest BCUT2D eigenvalue weighted by Crippen LogP contribution is -2.20. The van der Waals surface area contributed by atoms with Crippen molar-refractivity contribution in [3.63, 3.8) is 0 Å². The van der Waals surface area contributed by atoms with E-state index in [0.29, 0.717) is 36.4 Å². The van der Waals surface area contributed by atoms with Gasteiger partial charge in [0.05, 0.1) is 28.2 Å². The summed E-state index contributed by atoms with van der Waals surface area (Å²) in [4.78, 5) is 13.8. The number of alkyl halides is 2. The highest BCUT2D eigenvalue weighted by Crippen LogP contribution is 2.37. The van der Waals surface area contributed by atoms with Gasteiger partial charge in [0.25, 0.3) is 6.43 Å². The number of halogens is 2. The van der Waals surface area contributed by atoms with E-state index in [9.17, 15) is 17.2 Å². The maximum absolute atomic E-state index is 14.4. The Bertz CT molecular complexity index is 1960. The molecule has 1 aromatic carbocycles. The van der Waals surface area contributed by atoms with Crippen molar-refractivity contribution in [3.8, 4) is 11.1 Å². The second-order valence-corrected chi connectivity index (χ2v) is 13.1. The summed E-state index contributed by atoms with van der Waals surface area (Å²) in [5, 5.41) is 7.50. The summed E-state index contributed by atoms with van der Waals surface area (Å²) in [5.41, 5.74) is 5.59. The van der Waals surface area contributed by atoms with E-state index in [1.807, 2.05) is 39.1 Å². The standard InChI is InChI=1S/C31H33F2N7O3S/c1-18-8-7-9-21(35-18)15-22-16-25(28-30(36-22)40(31(38-28)29(32)33)27-10-5-6-13-43-27)37-24-12-11-20(14-26(24)44(4,41)42)23-17-34-39(3)19(23)2/h7-9,11-12,14,16-17,27,29H,5-6,10,13,15H2,1-4H3,(H,36,37). The van der Waals surface area contributed by atoms with Crippen molar-refractivity contribution in [2.45, 2.75) is 57.1 Å². The number of pyridine rings is 2. The van der Waals surface area contributed by atoms with Gasteiger partial charge in [0, 0.05) is 49.0 Å². The van der Waals surface area contributed by atoms with Gasteiger partial charge in [-0.3, -0.25) is 14.2 Å². The van der Waals surface area contributed by atoms with Crippen LogP contribution in [0.15, 0.2) is 53.6 Å². The number of sulfone groups is 1. The fourth-order valence-electron chi connectivity index (χ4n) is 5.59. The van der Waals surface area contributed by atoms with Crippen molar-refractivity contribution in [1.82, 2.24) is 29.3 Å². The van der Waals surface area contributed by atoms with E-state index in [-0.39, 0.29) is 21.7 Å². The third kappa shape index (κ3) is 5.81.